The van der Waals surface area contributed by atoms with E-state index in [1.807, 2.05) is 24.3 Å². The first-order valence-electron chi connectivity index (χ1n) is 5.62. The second-order valence-corrected chi connectivity index (χ2v) is 6.74. The van der Waals surface area contributed by atoms with Gasteiger partial charge in [-0.15, -0.1) is 0 Å². The van der Waals surface area contributed by atoms with Gasteiger partial charge in [-0.2, -0.15) is 0 Å². The van der Waals surface area contributed by atoms with Crippen molar-refractivity contribution in [1.29, 1.82) is 0 Å². The molecule has 1 aromatic rings. The predicted molar refractivity (Wildman–Crippen MR) is 67.0 cm³/mol. The maximum Gasteiger partial charge on any atom is 0.155 e. The van der Waals surface area contributed by atoms with Gasteiger partial charge < -0.3 is 10.5 Å². The van der Waals surface area contributed by atoms with E-state index in [1.54, 1.807) is 14.0 Å². The van der Waals surface area contributed by atoms with Crippen molar-refractivity contribution in [2.75, 3.05) is 12.9 Å². The summed E-state index contributed by atoms with van der Waals surface area (Å²) in [5, 5.41) is -0.416. The lowest BCUT2D eigenvalue weighted by atomic mass is 10.1. The molecule has 0 bridgehead atoms. The highest BCUT2D eigenvalue weighted by atomic mass is 32.2. The van der Waals surface area contributed by atoms with Crippen LogP contribution in [-0.2, 0) is 9.84 Å². The van der Waals surface area contributed by atoms with Gasteiger partial charge in [-0.3, -0.25) is 0 Å². The Morgan fingerprint density at radius 2 is 1.88 bits per heavy atom. The number of hydrogen-bond donors (Lipinski definition) is 1. The molecule has 1 aliphatic carbocycles. The van der Waals surface area contributed by atoms with Gasteiger partial charge in [0, 0.05) is 17.7 Å². The number of sulfone groups is 1. The zero-order valence-corrected chi connectivity index (χ0v) is 10.8. The van der Waals surface area contributed by atoms with Gasteiger partial charge in [-0.1, -0.05) is 19.1 Å². The average Bonchev–Trinajstić information content (AvgIpc) is 3.02. The summed E-state index contributed by atoms with van der Waals surface area (Å²) in [4.78, 5) is 0. The fraction of sp³-hybridized carbons (Fsp3) is 0.500. The normalized spacial score (nSPS) is 27.8. The molecule has 2 N–H and O–H groups in total. The van der Waals surface area contributed by atoms with Gasteiger partial charge in [-0.25, -0.2) is 8.42 Å². The first-order chi connectivity index (χ1) is 8.01. The fourth-order valence-electron chi connectivity index (χ4n) is 2.20. The van der Waals surface area contributed by atoms with Crippen LogP contribution in [0, 0.1) is 0 Å². The van der Waals surface area contributed by atoms with E-state index in [1.165, 1.54) is 0 Å². The van der Waals surface area contributed by atoms with Crippen molar-refractivity contribution >= 4 is 9.84 Å². The maximum absolute atomic E-state index is 11.8. The van der Waals surface area contributed by atoms with Crippen LogP contribution in [0.25, 0.3) is 0 Å². The van der Waals surface area contributed by atoms with Crippen LogP contribution in [0.2, 0.25) is 0 Å². The molecule has 0 heterocycles. The Morgan fingerprint density at radius 1 is 1.29 bits per heavy atom. The van der Waals surface area contributed by atoms with Gasteiger partial charge in [0.15, 0.2) is 9.84 Å². The van der Waals surface area contributed by atoms with Crippen LogP contribution in [-0.4, -0.2) is 32.6 Å². The summed E-state index contributed by atoms with van der Waals surface area (Å²) in [5.74, 6) is 0.849. The molecule has 2 rings (SSSR count). The molecule has 1 aromatic carbocycles. The number of hydrogen-bond acceptors (Lipinski definition) is 4. The third-order valence-corrected chi connectivity index (χ3v) is 5.57. The molecule has 0 aromatic heterocycles. The monoisotopic (exact) mass is 255 g/mol. The standard InChI is InChI=1S/C12H17NO3S/c1-3-17(14,15)12-10(11(12)13)8-4-6-9(16-2)7-5-8/h4-7,10-12H,3,13H2,1-2H3/t10-,11-,12+/m1/s1. The Hall–Kier alpha value is -1.07. The average molecular weight is 255 g/mol. The molecule has 4 nitrogen and oxygen atoms in total. The zero-order chi connectivity index (χ0) is 12.6. The SMILES string of the molecule is CCS(=O)(=O)[C@@H]1[C@H](N)[C@H]1c1ccc(OC)cc1. The molecule has 1 saturated carbocycles. The molecule has 94 valence electrons. The molecule has 1 fully saturated rings. The highest BCUT2D eigenvalue weighted by molar-refractivity contribution is 7.92. The summed E-state index contributed by atoms with van der Waals surface area (Å²) >= 11 is 0. The molecular weight excluding hydrogens is 238 g/mol. The summed E-state index contributed by atoms with van der Waals surface area (Å²) in [6, 6.07) is 7.16. The van der Waals surface area contributed by atoms with Crippen LogP contribution in [0.4, 0.5) is 0 Å². The van der Waals surface area contributed by atoms with E-state index in [2.05, 4.69) is 0 Å². The number of methoxy groups -OCH3 is 1. The van der Waals surface area contributed by atoms with E-state index >= 15 is 0 Å². The van der Waals surface area contributed by atoms with Crippen molar-refractivity contribution in [3.63, 3.8) is 0 Å². The fourth-order valence-corrected chi connectivity index (χ4v) is 3.93. The Labute approximate surface area is 102 Å². The quantitative estimate of drug-likeness (QED) is 0.868. The van der Waals surface area contributed by atoms with E-state index in [9.17, 15) is 8.42 Å². The van der Waals surface area contributed by atoms with Crippen LogP contribution in [0.15, 0.2) is 24.3 Å². The smallest absolute Gasteiger partial charge is 0.155 e. The van der Waals surface area contributed by atoms with E-state index in [-0.39, 0.29) is 17.7 Å². The Morgan fingerprint density at radius 3 is 2.35 bits per heavy atom. The molecule has 0 spiro atoms. The van der Waals surface area contributed by atoms with Crippen molar-refractivity contribution in [3.05, 3.63) is 29.8 Å². The lowest BCUT2D eigenvalue weighted by molar-refractivity contribution is 0.414. The number of ether oxygens (including phenoxy) is 1. The lowest BCUT2D eigenvalue weighted by Crippen LogP contribution is -2.17. The molecule has 17 heavy (non-hydrogen) atoms. The van der Waals surface area contributed by atoms with Crippen molar-refractivity contribution in [1.82, 2.24) is 0 Å². The van der Waals surface area contributed by atoms with E-state index in [0.29, 0.717) is 0 Å². The largest absolute Gasteiger partial charge is 0.497 e. The summed E-state index contributed by atoms with van der Waals surface area (Å²) in [7, 11) is -1.44. The van der Waals surface area contributed by atoms with E-state index < -0.39 is 15.1 Å². The molecule has 0 unspecified atom stereocenters. The molecule has 3 atom stereocenters. The molecule has 1 aliphatic rings. The first-order valence-corrected chi connectivity index (χ1v) is 7.34. The summed E-state index contributed by atoms with van der Waals surface area (Å²) in [6.45, 7) is 1.66. The van der Waals surface area contributed by atoms with Crippen LogP contribution in [0.1, 0.15) is 18.4 Å². The highest BCUT2D eigenvalue weighted by Gasteiger charge is 2.55. The van der Waals surface area contributed by atoms with Gasteiger partial charge in [0.25, 0.3) is 0 Å². The topological polar surface area (TPSA) is 69.4 Å². The third-order valence-electron chi connectivity index (χ3n) is 3.32. The Kier molecular flexibility index (Phi) is 3.14. The molecule has 0 radical (unpaired) electrons. The van der Waals surface area contributed by atoms with Crippen molar-refractivity contribution in [3.8, 4) is 5.75 Å². The van der Waals surface area contributed by atoms with E-state index in [4.69, 9.17) is 10.5 Å². The maximum atomic E-state index is 11.8. The van der Waals surface area contributed by atoms with Gasteiger partial charge >= 0.3 is 0 Å². The minimum absolute atomic E-state index is 0.0640. The molecule has 5 heteroatoms. The highest BCUT2D eigenvalue weighted by Crippen LogP contribution is 2.45. The van der Waals surface area contributed by atoms with Crippen LogP contribution < -0.4 is 10.5 Å². The number of benzene rings is 1. The molecule has 0 aliphatic heterocycles. The molecule has 0 amide bonds. The Balaban J connectivity index is 2.20. The number of rotatable bonds is 4. The van der Waals surface area contributed by atoms with Gasteiger partial charge in [-0.05, 0) is 17.7 Å². The summed E-state index contributed by atoms with van der Waals surface area (Å²) < 4.78 is 28.6. The molecular formula is C12H17NO3S. The summed E-state index contributed by atoms with van der Waals surface area (Å²) in [6.07, 6.45) is 0. The summed E-state index contributed by atoms with van der Waals surface area (Å²) in [5.41, 5.74) is 6.84. The van der Waals surface area contributed by atoms with Gasteiger partial charge in [0.1, 0.15) is 5.75 Å². The molecule has 0 saturated heterocycles. The Bertz CT molecular complexity index is 495. The van der Waals surface area contributed by atoms with Gasteiger partial charge in [0.2, 0.25) is 0 Å². The minimum Gasteiger partial charge on any atom is -0.497 e. The van der Waals surface area contributed by atoms with Crippen LogP contribution in [0.5, 0.6) is 5.75 Å². The van der Waals surface area contributed by atoms with Gasteiger partial charge in [0.05, 0.1) is 12.4 Å². The predicted octanol–water partition coefficient (Wildman–Crippen LogP) is 0.923. The van der Waals surface area contributed by atoms with Crippen molar-refractivity contribution in [2.24, 2.45) is 5.73 Å². The minimum atomic E-state index is -3.04. The third kappa shape index (κ3) is 2.17. The second-order valence-electron chi connectivity index (χ2n) is 4.29. The zero-order valence-electron chi connectivity index (χ0n) is 9.96. The number of nitrogens with two attached hydrogens (primary N) is 1. The first kappa shape index (κ1) is 12.4. The second kappa shape index (κ2) is 4.31. The van der Waals surface area contributed by atoms with E-state index in [0.717, 1.165) is 11.3 Å². The van der Waals surface area contributed by atoms with Crippen LogP contribution in [0.3, 0.4) is 0 Å². The van der Waals surface area contributed by atoms with Crippen LogP contribution >= 0.6 is 0 Å². The van der Waals surface area contributed by atoms with Crippen molar-refractivity contribution in [2.45, 2.75) is 24.1 Å². The lowest BCUT2D eigenvalue weighted by Gasteiger charge is -2.02. The van der Waals surface area contributed by atoms with Crippen molar-refractivity contribution < 1.29 is 13.2 Å².